The summed E-state index contributed by atoms with van der Waals surface area (Å²) in [4.78, 5) is 2.42. The Morgan fingerprint density at radius 1 is 1.35 bits per heavy atom. The predicted octanol–water partition coefficient (Wildman–Crippen LogP) is 2.76. The minimum absolute atomic E-state index is 0.216. The summed E-state index contributed by atoms with van der Waals surface area (Å²) in [6, 6.07) is 5.06. The smallest absolute Gasteiger partial charge is 0.124 e. The fraction of sp³-hybridized carbons (Fsp3) is 0.529. The number of nitrogens with two attached hydrogens (primary N) is 1. The lowest BCUT2D eigenvalue weighted by molar-refractivity contribution is 0.255. The Bertz CT molecular complexity index is 497. The molecule has 1 fully saturated rings. The second-order valence-electron chi connectivity index (χ2n) is 5.53. The summed E-state index contributed by atoms with van der Waals surface area (Å²) in [5.74, 6) is 6.32. The second kappa shape index (κ2) is 7.42. The molecule has 2 N–H and O–H groups in total. The molecule has 1 aliphatic carbocycles. The zero-order chi connectivity index (χ0) is 14.4. The van der Waals surface area contributed by atoms with Gasteiger partial charge in [-0.1, -0.05) is 18.8 Å². The highest BCUT2D eigenvalue weighted by Crippen LogP contribution is 2.30. The van der Waals surface area contributed by atoms with Crippen LogP contribution in [0.15, 0.2) is 18.2 Å². The van der Waals surface area contributed by atoms with E-state index in [1.165, 1.54) is 18.9 Å². The van der Waals surface area contributed by atoms with Crippen LogP contribution in [-0.2, 0) is 6.54 Å². The zero-order valence-corrected chi connectivity index (χ0v) is 12.2. The van der Waals surface area contributed by atoms with Crippen molar-refractivity contribution in [2.24, 2.45) is 11.7 Å². The Kier molecular flexibility index (Phi) is 5.58. The van der Waals surface area contributed by atoms with Gasteiger partial charge in [0.15, 0.2) is 0 Å². The van der Waals surface area contributed by atoms with Crippen LogP contribution in [0.2, 0.25) is 0 Å². The summed E-state index contributed by atoms with van der Waals surface area (Å²) in [5, 5.41) is 0. The fourth-order valence-electron chi connectivity index (χ4n) is 2.44. The number of nitrogens with zero attached hydrogens (tertiary/aromatic N) is 1. The van der Waals surface area contributed by atoms with Gasteiger partial charge in [-0.3, -0.25) is 4.90 Å². The highest BCUT2D eigenvalue weighted by molar-refractivity contribution is 5.38. The van der Waals surface area contributed by atoms with Crippen LogP contribution in [0.1, 0.15) is 37.3 Å². The van der Waals surface area contributed by atoms with Gasteiger partial charge >= 0.3 is 0 Å². The molecule has 1 saturated carbocycles. The standard InChI is InChI=1S/C17H23FN2/c1-2-8-20(12-14-5-6-14)13-16-9-15(4-3-7-19)10-17(18)11-16/h9-11,14H,2,5-8,12-13,19H2,1H3. The molecule has 0 amide bonds. The Morgan fingerprint density at radius 3 is 2.80 bits per heavy atom. The van der Waals surface area contributed by atoms with Crippen LogP contribution in [0.3, 0.4) is 0 Å². The molecule has 2 rings (SSSR count). The van der Waals surface area contributed by atoms with Crippen molar-refractivity contribution in [3.63, 3.8) is 0 Å². The lowest BCUT2D eigenvalue weighted by Gasteiger charge is -2.21. The molecular formula is C17H23FN2. The number of halogens is 1. The van der Waals surface area contributed by atoms with E-state index in [9.17, 15) is 4.39 Å². The average Bonchev–Trinajstić information content (AvgIpc) is 3.20. The first kappa shape index (κ1) is 15.0. The quantitative estimate of drug-likeness (QED) is 0.808. The van der Waals surface area contributed by atoms with Gasteiger partial charge in [-0.15, -0.1) is 0 Å². The molecule has 1 aromatic carbocycles. The normalized spacial score (nSPS) is 14.2. The van der Waals surface area contributed by atoms with Crippen molar-refractivity contribution in [3.05, 3.63) is 35.1 Å². The maximum atomic E-state index is 13.6. The molecule has 1 aliphatic rings. The van der Waals surface area contributed by atoms with Gasteiger partial charge in [0.05, 0.1) is 6.54 Å². The van der Waals surface area contributed by atoms with E-state index in [4.69, 9.17) is 5.73 Å². The van der Waals surface area contributed by atoms with Gasteiger partial charge in [-0.25, -0.2) is 4.39 Å². The number of rotatable bonds is 6. The molecule has 0 unspecified atom stereocenters. The van der Waals surface area contributed by atoms with Gasteiger partial charge in [0.1, 0.15) is 5.82 Å². The van der Waals surface area contributed by atoms with Crippen molar-refractivity contribution in [1.29, 1.82) is 0 Å². The molecule has 0 radical (unpaired) electrons. The number of hydrogen-bond acceptors (Lipinski definition) is 2. The van der Waals surface area contributed by atoms with Crippen LogP contribution in [0.4, 0.5) is 4.39 Å². The van der Waals surface area contributed by atoms with E-state index in [1.807, 2.05) is 6.07 Å². The fourth-order valence-corrected chi connectivity index (χ4v) is 2.44. The summed E-state index contributed by atoms with van der Waals surface area (Å²) >= 11 is 0. The summed E-state index contributed by atoms with van der Waals surface area (Å²) in [6.45, 7) is 5.49. The summed E-state index contributed by atoms with van der Waals surface area (Å²) < 4.78 is 13.6. The van der Waals surface area contributed by atoms with Gasteiger partial charge in [-0.05, 0) is 55.5 Å². The Morgan fingerprint density at radius 2 is 2.15 bits per heavy atom. The Hall–Kier alpha value is -1.37. The topological polar surface area (TPSA) is 29.3 Å². The highest BCUT2D eigenvalue weighted by Gasteiger charge is 2.24. The van der Waals surface area contributed by atoms with Crippen molar-refractivity contribution >= 4 is 0 Å². The Labute approximate surface area is 121 Å². The van der Waals surface area contributed by atoms with Crippen molar-refractivity contribution < 1.29 is 4.39 Å². The first-order chi connectivity index (χ1) is 9.71. The van der Waals surface area contributed by atoms with Gasteiger partial charge in [0, 0.05) is 18.7 Å². The summed E-state index contributed by atoms with van der Waals surface area (Å²) in [7, 11) is 0. The van der Waals surface area contributed by atoms with E-state index in [0.29, 0.717) is 12.1 Å². The molecule has 0 aromatic heterocycles. The van der Waals surface area contributed by atoms with E-state index in [1.54, 1.807) is 6.07 Å². The van der Waals surface area contributed by atoms with E-state index in [-0.39, 0.29) is 5.82 Å². The highest BCUT2D eigenvalue weighted by atomic mass is 19.1. The van der Waals surface area contributed by atoms with Crippen LogP contribution < -0.4 is 5.73 Å². The molecule has 0 saturated heterocycles. The summed E-state index contributed by atoms with van der Waals surface area (Å²) in [6.07, 6.45) is 3.81. The second-order valence-corrected chi connectivity index (χ2v) is 5.53. The van der Waals surface area contributed by atoms with Crippen LogP contribution in [-0.4, -0.2) is 24.5 Å². The Balaban J connectivity index is 2.07. The third-order valence-electron chi connectivity index (χ3n) is 3.45. The van der Waals surface area contributed by atoms with Crippen LogP contribution >= 0.6 is 0 Å². The van der Waals surface area contributed by atoms with Crippen molar-refractivity contribution in [3.8, 4) is 11.8 Å². The van der Waals surface area contributed by atoms with Gasteiger partial charge in [-0.2, -0.15) is 0 Å². The predicted molar refractivity (Wildman–Crippen MR) is 80.6 cm³/mol. The van der Waals surface area contributed by atoms with Crippen molar-refractivity contribution in [2.75, 3.05) is 19.6 Å². The first-order valence-electron chi connectivity index (χ1n) is 7.42. The van der Waals surface area contributed by atoms with E-state index >= 15 is 0 Å². The van der Waals surface area contributed by atoms with Crippen molar-refractivity contribution in [2.45, 2.75) is 32.7 Å². The maximum absolute atomic E-state index is 13.6. The minimum Gasteiger partial charge on any atom is -0.320 e. The molecule has 0 aliphatic heterocycles. The molecule has 1 aromatic rings. The molecule has 108 valence electrons. The molecule has 20 heavy (non-hydrogen) atoms. The van der Waals surface area contributed by atoms with E-state index in [0.717, 1.165) is 37.5 Å². The number of benzene rings is 1. The molecule has 3 heteroatoms. The molecule has 0 spiro atoms. The lowest BCUT2D eigenvalue weighted by Crippen LogP contribution is -2.26. The van der Waals surface area contributed by atoms with E-state index < -0.39 is 0 Å². The van der Waals surface area contributed by atoms with Gasteiger partial charge in [0.2, 0.25) is 0 Å². The molecule has 0 bridgehead atoms. The monoisotopic (exact) mass is 274 g/mol. The van der Waals surface area contributed by atoms with Crippen LogP contribution in [0.5, 0.6) is 0 Å². The zero-order valence-electron chi connectivity index (χ0n) is 12.2. The summed E-state index contributed by atoms with van der Waals surface area (Å²) in [5.41, 5.74) is 7.08. The molecular weight excluding hydrogens is 251 g/mol. The largest absolute Gasteiger partial charge is 0.320 e. The third-order valence-corrected chi connectivity index (χ3v) is 3.45. The molecule has 0 heterocycles. The van der Waals surface area contributed by atoms with Gasteiger partial charge in [0.25, 0.3) is 0 Å². The first-order valence-corrected chi connectivity index (χ1v) is 7.42. The maximum Gasteiger partial charge on any atom is 0.124 e. The van der Waals surface area contributed by atoms with Crippen LogP contribution in [0, 0.1) is 23.6 Å². The molecule has 0 atom stereocenters. The SMILES string of the molecule is CCCN(Cc1cc(F)cc(C#CCN)c1)CC1CC1. The molecule has 2 nitrogen and oxygen atoms in total. The van der Waals surface area contributed by atoms with Gasteiger partial charge < -0.3 is 5.73 Å². The van der Waals surface area contributed by atoms with Crippen LogP contribution in [0.25, 0.3) is 0 Å². The third kappa shape index (κ3) is 4.96. The van der Waals surface area contributed by atoms with Crippen molar-refractivity contribution in [1.82, 2.24) is 4.90 Å². The lowest BCUT2D eigenvalue weighted by atomic mass is 10.1. The van der Waals surface area contributed by atoms with E-state index in [2.05, 4.69) is 23.7 Å². The number of hydrogen-bond donors (Lipinski definition) is 1. The average molecular weight is 274 g/mol. The minimum atomic E-state index is -0.216.